The lowest BCUT2D eigenvalue weighted by Gasteiger charge is -2.34. The Labute approximate surface area is 172 Å². The normalized spacial score (nSPS) is 16.5. The molecule has 2 aliphatic heterocycles. The Morgan fingerprint density at radius 3 is 2.79 bits per heavy atom. The molecule has 2 aromatic rings. The van der Waals surface area contributed by atoms with Crippen LogP contribution in [0.4, 0.5) is 10.6 Å². The summed E-state index contributed by atoms with van der Waals surface area (Å²) in [5.41, 5.74) is 4.62. The highest BCUT2D eigenvalue weighted by molar-refractivity contribution is 5.74. The molecule has 154 valence electrons. The number of carbonyl (C=O) groups excluding carboxylic acids is 1. The number of nitrogens with one attached hydrogen (secondary N) is 1. The monoisotopic (exact) mass is 395 g/mol. The predicted octanol–water partition coefficient (Wildman–Crippen LogP) is 2.30. The van der Waals surface area contributed by atoms with Crippen LogP contribution in [-0.4, -0.2) is 60.3 Å². The Bertz CT molecular complexity index is 880. The molecule has 0 radical (unpaired) electrons. The van der Waals surface area contributed by atoms with E-state index in [1.54, 1.807) is 0 Å². The van der Waals surface area contributed by atoms with Crippen LogP contribution in [0.25, 0.3) is 0 Å². The first kappa shape index (κ1) is 19.6. The maximum absolute atomic E-state index is 12.4. The Morgan fingerprint density at radius 1 is 1.21 bits per heavy atom. The number of aryl methyl sites for hydroxylation is 1. The highest BCUT2D eigenvalue weighted by atomic mass is 16.5. The van der Waals surface area contributed by atoms with Gasteiger partial charge in [0, 0.05) is 44.6 Å². The number of rotatable bonds is 4. The zero-order valence-electron chi connectivity index (χ0n) is 17.3. The first-order valence-electron chi connectivity index (χ1n) is 10.4. The van der Waals surface area contributed by atoms with Crippen LogP contribution in [0.1, 0.15) is 35.1 Å². The van der Waals surface area contributed by atoms with Gasteiger partial charge in [-0.2, -0.15) is 0 Å². The van der Waals surface area contributed by atoms with Crippen molar-refractivity contribution in [1.82, 2.24) is 20.2 Å². The van der Waals surface area contributed by atoms with Crippen LogP contribution < -0.4 is 10.2 Å². The van der Waals surface area contributed by atoms with Gasteiger partial charge in [-0.3, -0.25) is 0 Å². The lowest BCUT2D eigenvalue weighted by atomic mass is 10.0. The number of carbonyl (C=O) groups is 1. The second kappa shape index (κ2) is 8.78. The fourth-order valence-corrected chi connectivity index (χ4v) is 4.00. The second-order valence-electron chi connectivity index (χ2n) is 7.66. The minimum atomic E-state index is -0.0186. The van der Waals surface area contributed by atoms with Crippen LogP contribution in [0, 0.1) is 6.92 Å². The molecule has 0 saturated carbocycles. The van der Waals surface area contributed by atoms with Crippen molar-refractivity contribution in [2.75, 3.05) is 44.3 Å². The van der Waals surface area contributed by atoms with Gasteiger partial charge in [0.05, 0.1) is 25.5 Å². The van der Waals surface area contributed by atoms with Crippen molar-refractivity contribution in [1.29, 1.82) is 0 Å². The third kappa shape index (κ3) is 4.50. The molecule has 0 spiro atoms. The molecule has 2 aliphatic rings. The number of amides is 2. The molecule has 1 aromatic heterocycles. The van der Waals surface area contributed by atoms with Crippen LogP contribution in [0.5, 0.6) is 0 Å². The number of benzene rings is 1. The number of fused-ring (bicyclic) bond motifs is 1. The first-order valence-corrected chi connectivity index (χ1v) is 10.4. The maximum Gasteiger partial charge on any atom is 0.317 e. The highest BCUT2D eigenvalue weighted by Gasteiger charge is 2.28. The second-order valence-corrected chi connectivity index (χ2v) is 7.66. The standard InChI is InChI=1S/C22H29N5O2/c1-3-23-22(28)27-8-7-19-18(15-27)21(26-9-11-29-12-10-26)25-20(24-19)14-17-6-4-5-16(2)13-17/h4-6,13H,3,7-12,14-15H2,1-2H3,(H,23,28). The summed E-state index contributed by atoms with van der Waals surface area (Å²) in [6.45, 7) is 8.94. The van der Waals surface area contributed by atoms with Gasteiger partial charge in [0.1, 0.15) is 11.6 Å². The molecule has 1 N–H and O–H groups in total. The summed E-state index contributed by atoms with van der Waals surface area (Å²) in [6.07, 6.45) is 1.47. The number of anilines is 1. The molecule has 29 heavy (non-hydrogen) atoms. The topological polar surface area (TPSA) is 70.6 Å². The fraction of sp³-hybridized carbons (Fsp3) is 0.500. The Balaban J connectivity index is 1.66. The number of nitrogens with zero attached hydrogens (tertiary/aromatic N) is 4. The SMILES string of the molecule is CCNC(=O)N1CCc2nc(Cc3cccc(C)c3)nc(N3CCOCC3)c2C1. The van der Waals surface area contributed by atoms with Crippen LogP contribution in [0.15, 0.2) is 24.3 Å². The van der Waals surface area contributed by atoms with Gasteiger partial charge in [-0.25, -0.2) is 14.8 Å². The summed E-state index contributed by atoms with van der Waals surface area (Å²) < 4.78 is 5.54. The lowest BCUT2D eigenvalue weighted by molar-refractivity contribution is 0.122. The maximum atomic E-state index is 12.4. The van der Waals surface area contributed by atoms with Crippen LogP contribution in [0.3, 0.4) is 0 Å². The van der Waals surface area contributed by atoms with E-state index in [0.717, 1.165) is 42.4 Å². The molecule has 2 amide bonds. The van der Waals surface area contributed by atoms with Crippen LogP contribution in [0.2, 0.25) is 0 Å². The Morgan fingerprint density at radius 2 is 2.03 bits per heavy atom. The van der Waals surface area contributed by atoms with Gasteiger partial charge in [-0.1, -0.05) is 29.8 Å². The molecule has 0 aliphatic carbocycles. The number of ether oxygens (including phenoxy) is 1. The third-order valence-electron chi connectivity index (χ3n) is 5.46. The van der Waals surface area contributed by atoms with Gasteiger partial charge in [-0.05, 0) is 19.4 Å². The van der Waals surface area contributed by atoms with E-state index in [2.05, 4.69) is 41.4 Å². The molecule has 4 rings (SSSR count). The van der Waals surface area contributed by atoms with Gasteiger partial charge < -0.3 is 19.9 Å². The van der Waals surface area contributed by atoms with Crippen molar-refractivity contribution in [2.45, 2.75) is 33.2 Å². The average molecular weight is 396 g/mol. The molecule has 0 unspecified atom stereocenters. The van der Waals surface area contributed by atoms with E-state index >= 15 is 0 Å². The number of morpholine rings is 1. The largest absolute Gasteiger partial charge is 0.378 e. The fourth-order valence-electron chi connectivity index (χ4n) is 4.00. The van der Waals surface area contributed by atoms with Crippen molar-refractivity contribution in [3.05, 3.63) is 52.5 Å². The molecule has 0 atom stereocenters. The van der Waals surface area contributed by atoms with Crippen molar-refractivity contribution in [3.63, 3.8) is 0 Å². The molecule has 7 nitrogen and oxygen atoms in total. The quantitative estimate of drug-likeness (QED) is 0.860. The van der Waals surface area contributed by atoms with Gasteiger partial charge in [-0.15, -0.1) is 0 Å². The zero-order chi connectivity index (χ0) is 20.2. The van der Waals surface area contributed by atoms with Crippen LogP contribution >= 0.6 is 0 Å². The van der Waals surface area contributed by atoms with Gasteiger partial charge >= 0.3 is 6.03 Å². The predicted molar refractivity (Wildman–Crippen MR) is 112 cm³/mol. The van der Waals surface area contributed by atoms with E-state index in [-0.39, 0.29) is 6.03 Å². The smallest absolute Gasteiger partial charge is 0.317 e. The minimum absolute atomic E-state index is 0.0186. The molecule has 0 bridgehead atoms. The van der Waals surface area contributed by atoms with E-state index in [9.17, 15) is 4.79 Å². The van der Waals surface area contributed by atoms with E-state index in [0.29, 0.717) is 39.3 Å². The summed E-state index contributed by atoms with van der Waals surface area (Å²) in [5, 5.41) is 2.91. The molecule has 3 heterocycles. The molecule has 1 saturated heterocycles. The summed E-state index contributed by atoms with van der Waals surface area (Å²) in [6, 6.07) is 8.48. The van der Waals surface area contributed by atoms with E-state index in [1.165, 1.54) is 11.1 Å². The van der Waals surface area contributed by atoms with E-state index in [1.807, 2.05) is 11.8 Å². The zero-order valence-corrected chi connectivity index (χ0v) is 17.3. The number of aromatic nitrogens is 2. The highest BCUT2D eigenvalue weighted by Crippen LogP contribution is 2.28. The molecule has 1 aromatic carbocycles. The number of hydrogen-bond acceptors (Lipinski definition) is 5. The molecule has 7 heteroatoms. The number of urea groups is 1. The van der Waals surface area contributed by atoms with Crippen LogP contribution in [-0.2, 0) is 24.1 Å². The van der Waals surface area contributed by atoms with Gasteiger partial charge in [0.15, 0.2) is 0 Å². The van der Waals surface area contributed by atoms with Crippen molar-refractivity contribution < 1.29 is 9.53 Å². The van der Waals surface area contributed by atoms with E-state index in [4.69, 9.17) is 14.7 Å². The Hall–Kier alpha value is -2.67. The van der Waals surface area contributed by atoms with Crippen molar-refractivity contribution in [3.8, 4) is 0 Å². The van der Waals surface area contributed by atoms with E-state index < -0.39 is 0 Å². The summed E-state index contributed by atoms with van der Waals surface area (Å²) in [7, 11) is 0. The first-order chi connectivity index (χ1) is 14.1. The number of hydrogen-bond donors (Lipinski definition) is 1. The van der Waals surface area contributed by atoms with Crippen molar-refractivity contribution in [2.24, 2.45) is 0 Å². The molecular weight excluding hydrogens is 366 g/mol. The molecule has 1 fully saturated rings. The minimum Gasteiger partial charge on any atom is -0.378 e. The summed E-state index contributed by atoms with van der Waals surface area (Å²) >= 11 is 0. The Kier molecular flexibility index (Phi) is 5.94. The summed E-state index contributed by atoms with van der Waals surface area (Å²) in [5.74, 6) is 1.82. The third-order valence-corrected chi connectivity index (χ3v) is 5.46. The molecular formula is C22H29N5O2. The van der Waals surface area contributed by atoms with Crippen molar-refractivity contribution >= 4 is 11.8 Å². The van der Waals surface area contributed by atoms with Gasteiger partial charge in [0.25, 0.3) is 0 Å². The lowest BCUT2D eigenvalue weighted by Crippen LogP contribution is -2.44. The van der Waals surface area contributed by atoms with Gasteiger partial charge in [0.2, 0.25) is 0 Å². The average Bonchev–Trinajstić information content (AvgIpc) is 2.74. The summed E-state index contributed by atoms with van der Waals surface area (Å²) in [4.78, 5) is 26.4.